The molecule has 0 fully saturated rings. The van der Waals surface area contributed by atoms with E-state index in [1.807, 2.05) is 23.7 Å². The van der Waals surface area contributed by atoms with Crippen LogP contribution in [0.25, 0.3) is 0 Å². The first-order valence-corrected chi connectivity index (χ1v) is 6.43. The molecular weight excluding hydrogens is 220 g/mol. The van der Waals surface area contributed by atoms with Gasteiger partial charge in [-0.15, -0.1) is 11.3 Å². The molecule has 0 bridgehead atoms. The molecule has 0 aliphatic heterocycles. The van der Waals surface area contributed by atoms with Crippen LogP contribution in [0.3, 0.4) is 0 Å². The lowest BCUT2D eigenvalue weighted by Gasteiger charge is -1.98. The summed E-state index contributed by atoms with van der Waals surface area (Å²) in [7, 11) is 0. The number of hydrogen-bond donors (Lipinski definition) is 1. The zero-order valence-electron chi connectivity index (χ0n) is 9.40. The van der Waals surface area contributed by atoms with Crippen molar-refractivity contribution in [1.29, 1.82) is 0 Å². The second kappa shape index (κ2) is 5.82. The molecule has 0 saturated heterocycles. The molecule has 2 aromatic heterocycles. The molecule has 0 radical (unpaired) electrons. The summed E-state index contributed by atoms with van der Waals surface area (Å²) in [5.74, 6) is 1.99. The van der Waals surface area contributed by atoms with Gasteiger partial charge in [-0.2, -0.15) is 0 Å². The topological polar surface area (TPSA) is 38.1 Å². The van der Waals surface area contributed by atoms with Crippen molar-refractivity contribution in [2.24, 2.45) is 0 Å². The van der Waals surface area contributed by atoms with Gasteiger partial charge in [0.25, 0.3) is 0 Å². The second-order valence-corrected chi connectivity index (χ2v) is 4.63. The summed E-state index contributed by atoms with van der Waals surface area (Å²) in [6.45, 7) is 4.00. The second-order valence-electron chi connectivity index (χ2n) is 3.65. The Kier molecular flexibility index (Phi) is 4.13. The minimum Gasteiger partial charge on any atom is -0.464 e. The van der Waals surface area contributed by atoms with E-state index in [1.165, 1.54) is 0 Å². The molecule has 0 atom stereocenters. The van der Waals surface area contributed by atoms with Gasteiger partial charge < -0.3 is 9.73 Å². The molecule has 0 saturated carbocycles. The van der Waals surface area contributed by atoms with Gasteiger partial charge in [-0.05, 0) is 25.1 Å². The van der Waals surface area contributed by atoms with Crippen LogP contribution in [0.4, 0.5) is 0 Å². The van der Waals surface area contributed by atoms with Gasteiger partial charge >= 0.3 is 0 Å². The van der Waals surface area contributed by atoms with Crippen molar-refractivity contribution in [2.45, 2.75) is 26.3 Å². The zero-order chi connectivity index (χ0) is 11.2. The van der Waals surface area contributed by atoms with Crippen LogP contribution in [0.2, 0.25) is 0 Å². The third-order valence-corrected chi connectivity index (χ3v) is 3.03. The van der Waals surface area contributed by atoms with Gasteiger partial charge in [0, 0.05) is 11.6 Å². The first-order chi connectivity index (χ1) is 7.88. The van der Waals surface area contributed by atoms with Gasteiger partial charge in [-0.3, -0.25) is 0 Å². The molecule has 0 aliphatic rings. The summed E-state index contributed by atoms with van der Waals surface area (Å²) in [5.41, 5.74) is 0. The highest BCUT2D eigenvalue weighted by Crippen LogP contribution is 2.14. The molecule has 3 nitrogen and oxygen atoms in total. The Morgan fingerprint density at radius 3 is 3.00 bits per heavy atom. The number of nitrogens with zero attached hydrogens (tertiary/aromatic N) is 1. The van der Waals surface area contributed by atoms with Crippen LogP contribution in [0.5, 0.6) is 0 Å². The highest BCUT2D eigenvalue weighted by molar-refractivity contribution is 7.09. The van der Waals surface area contributed by atoms with E-state index in [1.54, 1.807) is 11.3 Å². The minimum atomic E-state index is 0.797. The molecule has 2 rings (SSSR count). The smallest absolute Gasteiger partial charge is 0.117 e. The maximum absolute atomic E-state index is 5.71. The highest BCUT2D eigenvalue weighted by Gasteiger charge is 2.04. The van der Waals surface area contributed by atoms with E-state index in [-0.39, 0.29) is 0 Å². The molecule has 0 aromatic carbocycles. The lowest BCUT2D eigenvalue weighted by atomic mass is 10.3. The van der Waals surface area contributed by atoms with E-state index in [9.17, 15) is 0 Å². The first-order valence-electron chi connectivity index (χ1n) is 5.55. The fraction of sp³-hybridized carbons (Fsp3) is 0.417. The third kappa shape index (κ3) is 3.18. The van der Waals surface area contributed by atoms with Crippen LogP contribution in [0, 0.1) is 0 Å². The maximum atomic E-state index is 5.71. The number of hydrogen-bond acceptors (Lipinski definition) is 4. The van der Waals surface area contributed by atoms with Crippen molar-refractivity contribution in [1.82, 2.24) is 10.3 Å². The Hall–Kier alpha value is -1.13. The highest BCUT2D eigenvalue weighted by atomic mass is 32.1. The van der Waals surface area contributed by atoms with Crippen LogP contribution in [0.1, 0.15) is 29.9 Å². The van der Waals surface area contributed by atoms with E-state index in [2.05, 4.69) is 17.2 Å². The average molecular weight is 236 g/mol. The number of furan rings is 1. The molecule has 0 spiro atoms. The number of nitrogens with one attached hydrogen (secondary N) is 1. The monoisotopic (exact) mass is 236 g/mol. The van der Waals surface area contributed by atoms with Crippen molar-refractivity contribution in [3.63, 3.8) is 0 Å². The Labute approximate surface area is 99.5 Å². The SMILES string of the molecule is CCCNCc1ccc(Cc2nccs2)o1. The van der Waals surface area contributed by atoms with E-state index < -0.39 is 0 Å². The molecule has 86 valence electrons. The summed E-state index contributed by atoms with van der Waals surface area (Å²) >= 11 is 1.66. The average Bonchev–Trinajstić information content (AvgIpc) is 2.91. The predicted molar refractivity (Wildman–Crippen MR) is 65.6 cm³/mol. The van der Waals surface area contributed by atoms with E-state index in [4.69, 9.17) is 4.42 Å². The molecule has 16 heavy (non-hydrogen) atoms. The first kappa shape index (κ1) is 11.4. The number of thiazole rings is 1. The van der Waals surface area contributed by atoms with Crippen LogP contribution in [-0.4, -0.2) is 11.5 Å². The maximum Gasteiger partial charge on any atom is 0.117 e. The Morgan fingerprint density at radius 1 is 1.38 bits per heavy atom. The van der Waals surface area contributed by atoms with Gasteiger partial charge in [0.2, 0.25) is 0 Å². The zero-order valence-corrected chi connectivity index (χ0v) is 10.2. The van der Waals surface area contributed by atoms with Crippen molar-refractivity contribution < 1.29 is 4.42 Å². The summed E-state index contributed by atoms with van der Waals surface area (Å²) in [6, 6.07) is 4.07. The third-order valence-electron chi connectivity index (χ3n) is 2.25. The number of rotatable bonds is 6. The van der Waals surface area contributed by atoms with Crippen LogP contribution < -0.4 is 5.32 Å². The fourth-order valence-electron chi connectivity index (χ4n) is 1.49. The van der Waals surface area contributed by atoms with Crippen molar-refractivity contribution >= 4 is 11.3 Å². The van der Waals surface area contributed by atoms with Crippen LogP contribution in [0.15, 0.2) is 28.1 Å². The van der Waals surface area contributed by atoms with Crippen molar-refractivity contribution in [2.75, 3.05) is 6.54 Å². The Balaban J connectivity index is 1.87. The summed E-state index contributed by atoms with van der Waals surface area (Å²) < 4.78 is 5.71. The Morgan fingerprint density at radius 2 is 2.25 bits per heavy atom. The summed E-state index contributed by atoms with van der Waals surface area (Å²) in [4.78, 5) is 4.24. The molecule has 4 heteroatoms. The molecule has 0 unspecified atom stereocenters. The molecular formula is C12H16N2OS. The van der Waals surface area contributed by atoms with Crippen molar-refractivity contribution in [3.8, 4) is 0 Å². The van der Waals surface area contributed by atoms with Crippen molar-refractivity contribution in [3.05, 3.63) is 40.2 Å². The van der Waals surface area contributed by atoms with Gasteiger partial charge in [0.1, 0.15) is 11.5 Å². The molecule has 1 N–H and O–H groups in total. The van der Waals surface area contributed by atoms with Gasteiger partial charge in [-0.25, -0.2) is 4.98 Å². The fourth-order valence-corrected chi connectivity index (χ4v) is 2.12. The summed E-state index contributed by atoms with van der Waals surface area (Å²) in [5, 5.41) is 6.40. The molecule has 2 aromatic rings. The van der Waals surface area contributed by atoms with Gasteiger partial charge in [-0.1, -0.05) is 6.92 Å². The summed E-state index contributed by atoms with van der Waals surface area (Å²) in [6.07, 6.45) is 3.77. The largest absolute Gasteiger partial charge is 0.464 e. The van der Waals surface area contributed by atoms with Crippen LogP contribution >= 0.6 is 11.3 Å². The standard InChI is InChI=1S/C12H16N2OS/c1-2-5-13-9-11-4-3-10(15-11)8-12-14-6-7-16-12/h3-4,6-7,13H,2,5,8-9H2,1H3. The Bertz CT molecular complexity index is 408. The minimum absolute atomic E-state index is 0.797. The van der Waals surface area contributed by atoms with Gasteiger partial charge in [0.05, 0.1) is 18.0 Å². The quantitative estimate of drug-likeness (QED) is 0.784. The van der Waals surface area contributed by atoms with E-state index in [0.29, 0.717) is 0 Å². The predicted octanol–water partition coefficient (Wildman–Crippen LogP) is 2.83. The molecule has 2 heterocycles. The lowest BCUT2D eigenvalue weighted by Crippen LogP contribution is -2.13. The van der Waals surface area contributed by atoms with Crippen LogP contribution in [-0.2, 0) is 13.0 Å². The normalized spacial score (nSPS) is 10.8. The van der Waals surface area contributed by atoms with Gasteiger partial charge in [0.15, 0.2) is 0 Å². The molecule has 0 aliphatic carbocycles. The van der Waals surface area contributed by atoms with E-state index >= 15 is 0 Å². The lowest BCUT2D eigenvalue weighted by molar-refractivity contribution is 0.453. The number of aromatic nitrogens is 1. The van der Waals surface area contributed by atoms with E-state index in [0.717, 1.165) is 42.5 Å². The molecule has 0 amide bonds.